The van der Waals surface area contributed by atoms with E-state index in [1.807, 2.05) is 79.7 Å². The normalized spacial score (nSPS) is 12.4. The molecular weight excluding hydrogens is 556 g/mol. The fourth-order valence-corrected chi connectivity index (χ4v) is 5.36. The molecule has 1 amide bonds. The van der Waals surface area contributed by atoms with E-state index in [4.69, 9.17) is 23.1 Å². The summed E-state index contributed by atoms with van der Waals surface area (Å²) in [5, 5.41) is 2.69. The molecule has 0 unspecified atom stereocenters. The van der Waals surface area contributed by atoms with Crippen molar-refractivity contribution >= 4 is 51.7 Å². The zero-order valence-corrected chi connectivity index (χ0v) is 24.0. The average molecular weight is 585 g/mol. The molecule has 3 aromatic carbocycles. The molecule has 2 heterocycles. The summed E-state index contributed by atoms with van der Waals surface area (Å²) in [7, 11) is 0. The van der Waals surface area contributed by atoms with E-state index in [-0.39, 0.29) is 17.1 Å². The molecule has 0 bridgehead atoms. The number of nitrogens with zero attached hydrogens (tertiary/aromatic N) is 3. The van der Waals surface area contributed by atoms with Crippen LogP contribution in [0.1, 0.15) is 35.9 Å². The Kier molecular flexibility index (Phi) is 8.56. The Hall–Kier alpha value is -4.34. The van der Waals surface area contributed by atoms with E-state index >= 15 is 0 Å². The predicted octanol–water partition coefficient (Wildman–Crippen LogP) is 6.25. The maximum absolute atomic E-state index is 12.8. The maximum atomic E-state index is 12.8. The van der Waals surface area contributed by atoms with Crippen LogP contribution in [0.2, 0.25) is 5.02 Å². The van der Waals surface area contributed by atoms with Gasteiger partial charge in [-0.1, -0.05) is 61.0 Å². The third-order valence-corrected chi connectivity index (χ3v) is 7.98. The van der Waals surface area contributed by atoms with Crippen LogP contribution >= 0.6 is 23.5 Å². The van der Waals surface area contributed by atoms with Crippen LogP contribution in [0.4, 0.5) is 11.5 Å². The zero-order valence-electron chi connectivity index (χ0n) is 22.4. The van der Waals surface area contributed by atoms with Crippen molar-refractivity contribution in [3.63, 3.8) is 0 Å². The Morgan fingerprint density at radius 2 is 1.83 bits per heavy atom. The second kappa shape index (κ2) is 12.4. The van der Waals surface area contributed by atoms with Gasteiger partial charge in [0.1, 0.15) is 0 Å². The topological polar surface area (TPSA) is 129 Å². The molecule has 0 aliphatic heterocycles. The number of anilines is 2. The Morgan fingerprint density at radius 3 is 2.54 bits per heavy atom. The number of hydrogen-bond donors (Lipinski definition) is 3. The smallest absolute Gasteiger partial charge is 0.271 e. The highest BCUT2D eigenvalue weighted by Crippen LogP contribution is 2.35. The van der Waals surface area contributed by atoms with Gasteiger partial charge in [-0.05, 0) is 73.0 Å². The number of benzene rings is 3. The number of carbonyl (C=O) groups is 1. The Bertz CT molecular complexity index is 1770. The van der Waals surface area contributed by atoms with Crippen LogP contribution in [-0.4, -0.2) is 25.7 Å². The molecule has 0 saturated heterocycles. The Balaban J connectivity index is 0.000000165. The molecule has 2 aromatic heterocycles. The lowest BCUT2D eigenvalue weighted by atomic mass is 10.1. The second-order valence-corrected chi connectivity index (χ2v) is 11.0. The molecule has 0 spiro atoms. The number of hydrogen-bond acceptors (Lipinski definition) is 7. The third kappa shape index (κ3) is 6.53. The molecule has 1 aliphatic rings. The molecule has 1 aliphatic carbocycles. The Labute approximate surface area is 246 Å². The van der Waals surface area contributed by atoms with Crippen molar-refractivity contribution in [2.45, 2.75) is 31.4 Å². The largest absolute Gasteiger partial charge is 0.382 e. The van der Waals surface area contributed by atoms with Crippen LogP contribution in [0.3, 0.4) is 0 Å². The van der Waals surface area contributed by atoms with Crippen molar-refractivity contribution in [1.82, 2.24) is 14.5 Å². The number of para-hydroxylation sites is 1. The van der Waals surface area contributed by atoms with Crippen LogP contribution in [0.5, 0.6) is 0 Å². The number of pyridine rings is 1. The summed E-state index contributed by atoms with van der Waals surface area (Å²) in [6.07, 6.45) is 4.85. The SMILES string of the molecule is CCc1cc2cccc(Cl)c2c(=O)n1-c1ccccc1.NC(=O)c1nc(-c2cccc(NSC3CC3)c2)cnc1N. The quantitative estimate of drug-likeness (QED) is 0.193. The fraction of sp³-hybridized carbons (Fsp3) is 0.161. The van der Waals surface area contributed by atoms with Crippen molar-refractivity contribution in [2.24, 2.45) is 5.73 Å². The summed E-state index contributed by atoms with van der Waals surface area (Å²) < 4.78 is 5.06. The lowest BCUT2D eigenvalue weighted by Crippen LogP contribution is -2.22. The number of primary amides is 1. The number of nitrogens with one attached hydrogen (secondary N) is 1. The molecule has 5 aromatic rings. The second-order valence-electron chi connectivity index (χ2n) is 9.52. The van der Waals surface area contributed by atoms with E-state index in [0.29, 0.717) is 21.4 Å². The standard InChI is InChI=1S/C17H14ClNO.C14H15N5OS/c1-2-13-11-12-7-6-10-15(18)16(12)17(20)19(13)14-8-4-3-5-9-14;15-13-12(14(16)20)18-11(7-17-13)8-2-1-3-9(6-8)19-21-10-4-5-10/h3-11H,2H2,1H3;1-3,6-7,10,19H,4-5H2,(H2,15,17)(H2,16,20). The molecule has 0 radical (unpaired) electrons. The van der Waals surface area contributed by atoms with Crippen molar-refractivity contribution in [2.75, 3.05) is 10.5 Å². The maximum Gasteiger partial charge on any atom is 0.271 e. The van der Waals surface area contributed by atoms with Gasteiger partial charge in [-0.25, -0.2) is 9.97 Å². The zero-order chi connectivity index (χ0) is 28.9. The van der Waals surface area contributed by atoms with Crippen molar-refractivity contribution in [3.05, 3.63) is 112 Å². The van der Waals surface area contributed by atoms with Crippen LogP contribution < -0.4 is 21.7 Å². The predicted molar refractivity (Wildman–Crippen MR) is 169 cm³/mol. The molecule has 10 heteroatoms. The van der Waals surface area contributed by atoms with Crippen LogP contribution in [-0.2, 0) is 6.42 Å². The van der Waals surface area contributed by atoms with Gasteiger partial charge in [-0.15, -0.1) is 0 Å². The molecule has 1 saturated carbocycles. The summed E-state index contributed by atoms with van der Waals surface area (Å²) in [4.78, 5) is 32.3. The molecule has 0 atom stereocenters. The lowest BCUT2D eigenvalue weighted by Gasteiger charge is -2.14. The fourth-order valence-electron chi connectivity index (χ4n) is 4.29. The van der Waals surface area contributed by atoms with Gasteiger partial charge in [-0.3, -0.25) is 14.2 Å². The molecule has 41 heavy (non-hydrogen) atoms. The van der Waals surface area contributed by atoms with Crippen LogP contribution in [0.15, 0.2) is 89.9 Å². The summed E-state index contributed by atoms with van der Waals surface area (Å²) in [6, 6.07) is 25.0. The third-order valence-electron chi connectivity index (χ3n) is 6.51. The molecule has 8 nitrogen and oxygen atoms in total. The highest BCUT2D eigenvalue weighted by atomic mass is 35.5. The van der Waals surface area contributed by atoms with Gasteiger partial charge in [0.2, 0.25) is 0 Å². The molecular formula is C31H29ClN6O2S. The number of carbonyl (C=O) groups excluding carboxylic acids is 1. The van der Waals surface area contributed by atoms with Crippen LogP contribution in [0, 0.1) is 0 Å². The van der Waals surface area contributed by atoms with Gasteiger partial charge in [-0.2, -0.15) is 0 Å². The summed E-state index contributed by atoms with van der Waals surface area (Å²) >= 11 is 7.93. The van der Waals surface area contributed by atoms with Gasteiger partial charge in [0.25, 0.3) is 11.5 Å². The lowest BCUT2D eigenvalue weighted by molar-refractivity contribution is 0.0996. The number of nitrogen functional groups attached to an aromatic ring is 1. The number of nitrogens with two attached hydrogens (primary N) is 2. The van der Waals surface area contributed by atoms with E-state index in [0.717, 1.165) is 34.4 Å². The highest BCUT2D eigenvalue weighted by molar-refractivity contribution is 8.01. The van der Waals surface area contributed by atoms with Gasteiger partial charge >= 0.3 is 0 Å². The van der Waals surface area contributed by atoms with E-state index < -0.39 is 5.91 Å². The van der Waals surface area contributed by atoms with Crippen molar-refractivity contribution < 1.29 is 4.79 Å². The molecule has 208 valence electrons. The first-order valence-corrected chi connectivity index (χ1v) is 14.4. The van der Waals surface area contributed by atoms with E-state index in [2.05, 4.69) is 14.7 Å². The van der Waals surface area contributed by atoms with Gasteiger partial charge in [0.15, 0.2) is 11.5 Å². The number of rotatable bonds is 7. The minimum absolute atomic E-state index is 0.00165. The van der Waals surface area contributed by atoms with Crippen molar-refractivity contribution in [1.29, 1.82) is 0 Å². The van der Waals surface area contributed by atoms with Gasteiger partial charge in [0, 0.05) is 27.9 Å². The number of halogens is 1. The first-order valence-electron chi connectivity index (χ1n) is 13.2. The Morgan fingerprint density at radius 1 is 1.07 bits per heavy atom. The highest BCUT2D eigenvalue weighted by Gasteiger charge is 2.22. The molecule has 1 fully saturated rings. The minimum Gasteiger partial charge on any atom is -0.382 e. The molecule has 5 N–H and O–H groups in total. The monoisotopic (exact) mass is 584 g/mol. The van der Waals surface area contributed by atoms with E-state index in [1.54, 1.807) is 22.6 Å². The first kappa shape index (κ1) is 28.2. The van der Waals surface area contributed by atoms with Crippen molar-refractivity contribution in [3.8, 4) is 16.9 Å². The number of fused-ring (bicyclic) bond motifs is 1. The summed E-state index contributed by atoms with van der Waals surface area (Å²) in [6.45, 7) is 2.05. The number of aromatic nitrogens is 3. The average Bonchev–Trinajstić information content (AvgIpc) is 3.82. The number of aryl methyl sites for hydroxylation is 1. The summed E-state index contributed by atoms with van der Waals surface area (Å²) in [5.41, 5.74) is 15.0. The first-order chi connectivity index (χ1) is 19.9. The van der Waals surface area contributed by atoms with Gasteiger partial charge in [0.05, 0.1) is 22.3 Å². The summed E-state index contributed by atoms with van der Waals surface area (Å²) in [5.74, 6) is -0.634. The van der Waals surface area contributed by atoms with E-state index in [9.17, 15) is 9.59 Å². The van der Waals surface area contributed by atoms with Crippen LogP contribution in [0.25, 0.3) is 27.7 Å². The number of amides is 1. The van der Waals surface area contributed by atoms with Gasteiger partial charge < -0.3 is 16.2 Å². The van der Waals surface area contributed by atoms with E-state index in [1.165, 1.54) is 19.0 Å². The minimum atomic E-state index is -0.680. The molecule has 6 rings (SSSR count).